The third kappa shape index (κ3) is 3.35. The van der Waals surface area contributed by atoms with Gasteiger partial charge in [-0.05, 0) is 30.7 Å². The zero-order valence-electron chi connectivity index (χ0n) is 10.4. The van der Waals surface area contributed by atoms with Crippen LogP contribution in [0.25, 0.3) is 0 Å². The quantitative estimate of drug-likeness (QED) is 0.870. The minimum absolute atomic E-state index is 0.684. The van der Waals surface area contributed by atoms with Gasteiger partial charge in [0.05, 0.1) is 12.1 Å². The molecule has 0 bridgehead atoms. The third-order valence-electron chi connectivity index (χ3n) is 3.10. The average molecular weight is 255 g/mol. The van der Waals surface area contributed by atoms with Crippen LogP contribution in [0, 0.1) is 5.92 Å². The molecule has 4 heteroatoms. The van der Waals surface area contributed by atoms with Crippen LogP contribution in [0.1, 0.15) is 5.56 Å². The topological polar surface area (TPSA) is 24.5 Å². The number of benzene rings is 1. The summed E-state index contributed by atoms with van der Waals surface area (Å²) in [5.74, 6) is 1.54. The molecule has 0 atom stereocenters. The summed E-state index contributed by atoms with van der Waals surface area (Å²) in [5.41, 5.74) is 1.23. The molecule has 1 aliphatic heterocycles. The van der Waals surface area contributed by atoms with E-state index in [0.717, 1.165) is 37.8 Å². The Morgan fingerprint density at radius 3 is 2.76 bits per heavy atom. The van der Waals surface area contributed by atoms with Gasteiger partial charge >= 0.3 is 0 Å². The zero-order chi connectivity index (χ0) is 12.3. The lowest BCUT2D eigenvalue weighted by Gasteiger charge is -2.31. The Labute approximate surface area is 108 Å². The maximum atomic E-state index is 6.10. The van der Waals surface area contributed by atoms with E-state index in [1.165, 1.54) is 5.56 Å². The first-order chi connectivity index (χ1) is 8.19. The number of hydrogen-bond acceptors (Lipinski definition) is 3. The van der Waals surface area contributed by atoms with Crippen LogP contribution in [-0.2, 0) is 6.54 Å². The first kappa shape index (κ1) is 12.7. The molecule has 1 saturated heterocycles. The molecule has 17 heavy (non-hydrogen) atoms. The van der Waals surface area contributed by atoms with Crippen LogP contribution in [0.15, 0.2) is 18.2 Å². The molecule has 0 saturated carbocycles. The Kier molecular flexibility index (Phi) is 4.26. The van der Waals surface area contributed by atoms with Crippen LogP contribution in [0.3, 0.4) is 0 Å². The third-order valence-corrected chi connectivity index (χ3v) is 3.40. The number of methoxy groups -OCH3 is 1. The van der Waals surface area contributed by atoms with Crippen molar-refractivity contribution in [3.63, 3.8) is 0 Å². The number of halogens is 1. The van der Waals surface area contributed by atoms with Gasteiger partial charge in [0.15, 0.2) is 0 Å². The summed E-state index contributed by atoms with van der Waals surface area (Å²) in [5, 5.41) is 3.97. The Hall–Kier alpha value is -0.770. The molecule has 1 aromatic rings. The van der Waals surface area contributed by atoms with E-state index in [0.29, 0.717) is 5.02 Å². The van der Waals surface area contributed by atoms with E-state index >= 15 is 0 Å². The highest BCUT2D eigenvalue weighted by atomic mass is 35.5. The molecule has 94 valence electrons. The molecule has 0 radical (unpaired) electrons. The van der Waals surface area contributed by atoms with Crippen LogP contribution < -0.4 is 10.1 Å². The number of hydrogen-bond donors (Lipinski definition) is 1. The number of ether oxygens (including phenoxy) is 1. The fourth-order valence-electron chi connectivity index (χ4n) is 2.10. The average Bonchev–Trinajstić information content (AvgIpc) is 2.24. The van der Waals surface area contributed by atoms with Gasteiger partial charge < -0.3 is 15.0 Å². The monoisotopic (exact) mass is 254 g/mol. The zero-order valence-corrected chi connectivity index (χ0v) is 11.1. The minimum atomic E-state index is 0.684. The fourth-order valence-corrected chi connectivity index (χ4v) is 2.38. The molecule has 1 fully saturated rings. The standard InChI is InChI=1S/C13H19ClN2O/c1-16(9-11-6-15-7-11)8-10-3-4-13(17-2)12(14)5-10/h3-5,11,15H,6-9H2,1-2H3. The van der Waals surface area contributed by atoms with E-state index in [4.69, 9.17) is 16.3 Å². The summed E-state index contributed by atoms with van der Waals surface area (Å²) in [6, 6.07) is 5.98. The largest absolute Gasteiger partial charge is 0.495 e. The number of rotatable bonds is 5. The lowest BCUT2D eigenvalue weighted by Crippen LogP contribution is -2.47. The highest BCUT2D eigenvalue weighted by Gasteiger charge is 2.18. The highest BCUT2D eigenvalue weighted by molar-refractivity contribution is 6.32. The molecule has 1 N–H and O–H groups in total. The van der Waals surface area contributed by atoms with Crippen molar-refractivity contribution < 1.29 is 4.74 Å². The van der Waals surface area contributed by atoms with E-state index in [1.807, 2.05) is 12.1 Å². The molecule has 0 unspecified atom stereocenters. The normalized spacial score (nSPS) is 16.0. The van der Waals surface area contributed by atoms with Gasteiger partial charge in [0, 0.05) is 26.2 Å². The van der Waals surface area contributed by atoms with Crippen molar-refractivity contribution in [3.8, 4) is 5.75 Å². The van der Waals surface area contributed by atoms with Crippen LogP contribution in [0.4, 0.5) is 0 Å². The molecule has 1 heterocycles. The highest BCUT2D eigenvalue weighted by Crippen LogP contribution is 2.25. The number of nitrogens with zero attached hydrogens (tertiary/aromatic N) is 1. The summed E-state index contributed by atoms with van der Waals surface area (Å²) in [4.78, 5) is 2.34. The first-order valence-electron chi connectivity index (χ1n) is 5.90. The van der Waals surface area contributed by atoms with Crippen LogP contribution in [-0.4, -0.2) is 38.7 Å². The van der Waals surface area contributed by atoms with Crippen molar-refractivity contribution >= 4 is 11.6 Å². The van der Waals surface area contributed by atoms with Crippen LogP contribution in [0.2, 0.25) is 5.02 Å². The van der Waals surface area contributed by atoms with E-state index < -0.39 is 0 Å². The van der Waals surface area contributed by atoms with E-state index in [1.54, 1.807) is 7.11 Å². The Morgan fingerprint density at radius 1 is 1.47 bits per heavy atom. The first-order valence-corrected chi connectivity index (χ1v) is 6.28. The number of nitrogens with one attached hydrogen (secondary N) is 1. The molecule has 0 aromatic heterocycles. The Balaban J connectivity index is 1.90. The van der Waals surface area contributed by atoms with Gasteiger partial charge in [-0.3, -0.25) is 0 Å². The van der Waals surface area contributed by atoms with Crippen molar-refractivity contribution in [2.45, 2.75) is 6.54 Å². The summed E-state index contributed by atoms with van der Waals surface area (Å²) in [6.45, 7) is 4.36. The molecule has 3 nitrogen and oxygen atoms in total. The van der Waals surface area contributed by atoms with Gasteiger partial charge in [-0.25, -0.2) is 0 Å². The predicted molar refractivity (Wildman–Crippen MR) is 70.7 cm³/mol. The molecule has 1 aromatic carbocycles. The lowest BCUT2D eigenvalue weighted by atomic mass is 10.0. The van der Waals surface area contributed by atoms with E-state index in [-0.39, 0.29) is 0 Å². The van der Waals surface area contributed by atoms with Crippen molar-refractivity contribution in [1.82, 2.24) is 10.2 Å². The SMILES string of the molecule is COc1ccc(CN(C)CC2CNC2)cc1Cl. The molecule has 0 amide bonds. The molecule has 2 rings (SSSR count). The summed E-state index contributed by atoms with van der Waals surface area (Å²) in [6.07, 6.45) is 0. The summed E-state index contributed by atoms with van der Waals surface area (Å²) < 4.78 is 5.14. The van der Waals surface area contributed by atoms with Gasteiger partial charge in [-0.2, -0.15) is 0 Å². The second-order valence-electron chi connectivity index (χ2n) is 4.69. The maximum Gasteiger partial charge on any atom is 0.137 e. The molecular weight excluding hydrogens is 236 g/mol. The van der Waals surface area contributed by atoms with Gasteiger partial charge in [-0.15, -0.1) is 0 Å². The summed E-state index contributed by atoms with van der Waals surface area (Å²) >= 11 is 6.10. The second-order valence-corrected chi connectivity index (χ2v) is 5.10. The van der Waals surface area contributed by atoms with Crippen molar-refractivity contribution in [2.75, 3.05) is 33.8 Å². The van der Waals surface area contributed by atoms with Crippen LogP contribution >= 0.6 is 11.6 Å². The predicted octanol–water partition coefficient (Wildman–Crippen LogP) is 2.00. The summed E-state index contributed by atoms with van der Waals surface area (Å²) in [7, 11) is 3.78. The fraction of sp³-hybridized carbons (Fsp3) is 0.538. The lowest BCUT2D eigenvalue weighted by molar-refractivity contribution is 0.218. The van der Waals surface area contributed by atoms with Crippen LogP contribution in [0.5, 0.6) is 5.75 Å². The minimum Gasteiger partial charge on any atom is -0.495 e. The second kappa shape index (κ2) is 5.71. The van der Waals surface area contributed by atoms with Gasteiger partial charge in [0.1, 0.15) is 5.75 Å². The Morgan fingerprint density at radius 2 is 2.24 bits per heavy atom. The smallest absolute Gasteiger partial charge is 0.137 e. The van der Waals surface area contributed by atoms with Gasteiger partial charge in [0.2, 0.25) is 0 Å². The van der Waals surface area contributed by atoms with Gasteiger partial charge in [-0.1, -0.05) is 17.7 Å². The molecule has 0 spiro atoms. The maximum absolute atomic E-state index is 6.10. The molecule has 1 aliphatic rings. The Bertz CT molecular complexity index is 380. The van der Waals surface area contributed by atoms with E-state index in [2.05, 4.69) is 23.3 Å². The van der Waals surface area contributed by atoms with E-state index in [9.17, 15) is 0 Å². The van der Waals surface area contributed by atoms with Crippen molar-refractivity contribution in [3.05, 3.63) is 28.8 Å². The molecule has 0 aliphatic carbocycles. The van der Waals surface area contributed by atoms with Crippen molar-refractivity contribution in [1.29, 1.82) is 0 Å². The molecular formula is C13H19ClN2O. The van der Waals surface area contributed by atoms with Gasteiger partial charge in [0.25, 0.3) is 0 Å². The van der Waals surface area contributed by atoms with Crippen molar-refractivity contribution in [2.24, 2.45) is 5.92 Å².